The van der Waals surface area contributed by atoms with Gasteiger partial charge in [0, 0.05) is 17.8 Å². The van der Waals surface area contributed by atoms with Crippen molar-refractivity contribution in [2.75, 3.05) is 13.2 Å². The van der Waals surface area contributed by atoms with Crippen LogP contribution in [0.25, 0.3) is 5.69 Å². The van der Waals surface area contributed by atoms with E-state index < -0.39 is 0 Å². The third-order valence-corrected chi connectivity index (χ3v) is 3.48. The molecule has 21 heavy (non-hydrogen) atoms. The van der Waals surface area contributed by atoms with Crippen molar-refractivity contribution < 1.29 is 4.74 Å². The number of rotatable bonds is 8. The van der Waals surface area contributed by atoms with Gasteiger partial charge in [-0.2, -0.15) is 5.10 Å². The number of hydrogen-bond acceptors (Lipinski definition) is 3. The normalized spacial score (nSPS) is 10.6. The Morgan fingerprint density at radius 3 is 2.76 bits per heavy atom. The first kappa shape index (κ1) is 15.3. The molecule has 0 fully saturated rings. The van der Waals surface area contributed by atoms with Gasteiger partial charge in [-0.3, -0.25) is 0 Å². The monoisotopic (exact) mass is 285 g/mol. The van der Waals surface area contributed by atoms with Crippen LogP contribution >= 0.6 is 0 Å². The van der Waals surface area contributed by atoms with E-state index in [-0.39, 0.29) is 0 Å². The van der Waals surface area contributed by atoms with Gasteiger partial charge >= 0.3 is 0 Å². The fourth-order valence-electron chi connectivity index (χ4n) is 2.33. The number of aryl methyl sites for hydroxylation is 1. The predicted octanol–water partition coefficient (Wildman–Crippen LogP) is 3.13. The van der Waals surface area contributed by atoms with E-state index >= 15 is 0 Å². The Labute approximate surface area is 126 Å². The van der Waals surface area contributed by atoms with Gasteiger partial charge in [0.15, 0.2) is 0 Å². The second kappa shape index (κ2) is 7.64. The molecule has 0 saturated heterocycles. The fourth-order valence-corrected chi connectivity index (χ4v) is 2.33. The third kappa shape index (κ3) is 3.95. The predicted molar refractivity (Wildman–Crippen MR) is 85.5 cm³/mol. The molecule has 0 aliphatic heterocycles. The molecule has 112 valence electrons. The number of hydrogen-bond donors (Lipinski definition) is 1. The molecule has 0 bridgehead atoms. The van der Waals surface area contributed by atoms with E-state index in [2.05, 4.69) is 43.0 Å². The molecule has 0 saturated carbocycles. The van der Waals surface area contributed by atoms with Crippen LogP contribution in [-0.2, 0) is 11.3 Å². The Morgan fingerprint density at radius 2 is 2.05 bits per heavy atom. The van der Waals surface area contributed by atoms with Gasteiger partial charge in [0.2, 0.25) is 0 Å². The standard InChI is InChI=1S/C17H23N3O/c1-4-21-12-8-11-18-13-17-14(2)19-20(15(17)3)16-9-6-5-7-10-16/h4-7,9-10,18H,1,8,11-13H2,2-3H3. The number of ether oxygens (including phenoxy) is 1. The Hall–Kier alpha value is -2.07. The molecule has 0 unspecified atom stereocenters. The van der Waals surface area contributed by atoms with Gasteiger partial charge < -0.3 is 10.1 Å². The van der Waals surface area contributed by atoms with Gasteiger partial charge in [0.25, 0.3) is 0 Å². The topological polar surface area (TPSA) is 39.1 Å². The van der Waals surface area contributed by atoms with Gasteiger partial charge in [0.1, 0.15) is 0 Å². The number of nitrogens with one attached hydrogen (secondary N) is 1. The molecule has 1 N–H and O–H groups in total. The molecule has 2 aromatic rings. The summed E-state index contributed by atoms with van der Waals surface area (Å²) in [7, 11) is 0. The van der Waals surface area contributed by atoms with E-state index in [1.807, 2.05) is 22.9 Å². The zero-order valence-corrected chi connectivity index (χ0v) is 12.8. The zero-order chi connectivity index (χ0) is 15.1. The van der Waals surface area contributed by atoms with Crippen LogP contribution in [0.4, 0.5) is 0 Å². The van der Waals surface area contributed by atoms with Crippen LogP contribution in [0, 0.1) is 13.8 Å². The SMILES string of the molecule is C=COCCCNCc1c(C)nn(-c2ccccc2)c1C. The van der Waals surface area contributed by atoms with E-state index in [0.717, 1.165) is 30.9 Å². The van der Waals surface area contributed by atoms with Crippen LogP contribution in [0.15, 0.2) is 43.2 Å². The summed E-state index contributed by atoms with van der Waals surface area (Å²) in [6, 6.07) is 10.2. The summed E-state index contributed by atoms with van der Waals surface area (Å²) in [4.78, 5) is 0. The van der Waals surface area contributed by atoms with E-state index in [9.17, 15) is 0 Å². The van der Waals surface area contributed by atoms with Crippen LogP contribution in [0.1, 0.15) is 23.4 Å². The molecule has 0 atom stereocenters. The van der Waals surface area contributed by atoms with Crippen LogP contribution in [0.2, 0.25) is 0 Å². The molecule has 0 spiro atoms. The number of nitrogens with zero attached hydrogens (tertiary/aromatic N) is 2. The van der Waals surface area contributed by atoms with Gasteiger partial charge in [-0.05, 0) is 38.9 Å². The van der Waals surface area contributed by atoms with Crippen LogP contribution in [0.5, 0.6) is 0 Å². The third-order valence-electron chi connectivity index (χ3n) is 3.48. The summed E-state index contributed by atoms with van der Waals surface area (Å²) in [5, 5.41) is 8.09. The quantitative estimate of drug-likeness (QED) is 0.598. The van der Waals surface area contributed by atoms with E-state index in [1.54, 1.807) is 0 Å². The number of benzene rings is 1. The van der Waals surface area contributed by atoms with E-state index in [0.29, 0.717) is 6.61 Å². The van der Waals surface area contributed by atoms with Crippen molar-refractivity contribution in [2.24, 2.45) is 0 Å². The average molecular weight is 285 g/mol. The lowest BCUT2D eigenvalue weighted by Crippen LogP contribution is -2.17. The molecule has 0 aliphatic rings. The summed E-state index contributed by atoms with van der Waals surface area (Å²) in [6.45, 7) is 10.2. The number of para-hydroxylation sites is 1. The molecule has 4 nitrogen and oxygen atoms in total. The van der Waals surface area contributed by atoms with Crippen molar-refractivity contribution >= 4 is 0 Å². The molecule has 4 heteroatoms. The van der Waals surface area contributed by atoms with E-state index in [4.69, 9.17) is 4.74 Å². The number of aromatic nitrogens is 2. The first-order chi connectivity index (χ1) is 10.2. The maximum absolute atomic E-state index is 5.10. The van der Waals surface area contributed by atoms with Crippen LogP contribution in [0.3, 0.4) is 0 Å². The molecule has 1 aromatic carbocycles. The van der Waals surface area contributed by atoms with Gasteiger partial charge in [-0.15, -0.1) is 0 Å². The summed E-state index contributed by atoms with van der Waals surface area (Å²) in [5.41, 5.74) is 4.63. The highest BCUT2D eigenvalue weighted by molar-refractivity contribution is 5.36. The smallest absolute Gasteiger partial charge is 0.0885 e. The van der Waals surface area contributed by atoms with Crippen molar-refractivity contribution in [3.63, 3.8) is 0 Å². The van der Waals surface area contributed by atoms with E-state index in [1.165, 1.54) is 17.5 Å². The van der Waals surface area contributed by atoms with Crippen molar-refractivity contribution in [2.45, 2.75) is 26.8 Å². The highest BCUT2D eigenvalue weighted by Crippen LogP contribution is 2.17. The highest BCUT2D eigenvalue weighted by atomic mass is 16.5. The maximum atomic E-state index is 5.10. The van der Waals surface area contributed by atoms with Crippen molar-refractivity contribution in [3.05, 3.63) is 60.1 Å². The van der Waals surface area contributed by atoms with Crippen LogP contribution in [-0.4, -0.2) is 22.9 Å². The van der Waals surface area contributed by atoms with Crippen molar-refractivity contribution in [3.8, 4) is 5.69 Å². The molecular formula is C17H23N3O. The minimum absolute atomic E-state index is 0.706. The fraction of sp³-hybridized carbons (Fsp3) is 0.353. The average Bonchev–Trinajstić information content (AvgIpc) is 2.79. The molecule has 1 heterocycles. The zero-order valence-electron chi connectivity index (χ0n) is 12.8. The largest absolute Gasteiger partial charge is 0.502 e. The molecule has 0 aliphatic carbocycles. The minimum atomic E-state index is 0.706. The molecule has 2 rings (SSSR count). The Kier molecular flexibility index (Phi) is 5.58. The van der Waals surface area contributed by atoms with Crippen molar-refractivity contribution in [1.29, 1.82) is 0 Å². The lowest BCUT2D eigenvalue weighted by atomic mass is 10.2. The van der Waals surface area contributed by atoms with Crippen LogP contribution < -0.4 is 5.32 Å². The maximum Gasteiger partial charge on any atom is 0.0885 e. The molecule has 0 amide bonds. The Morgan fingerprint density at radius 1 is 1.29 bits per heavy atom. The first-order valence-corrected chi connectivity index (χ1v) is 7.27. The summed E-state index contributed by atoms with van der Waals surface area (Å²) < 4.78 is 7.11. The summed E-state index contributed by atoms with van der Waals surface area (Å²) >= 11 is 0. The first-order valence-electron chi connectivity index (χ1n) is 7.27. The van der Waals surface area contributed by atoms with Gasteiger partial charge in [-0.25, -0.2) is 4.68 Å². The molecule has 1 aromatic heterocycles. The summed E-state index contributed by atoms with van der Waals surface area (Å²) in [6.07, 6.45) is 2.45. The highest BCUT2D eigenvalue weighted by Gasteiger charge is 2.11. The Balaban J connectivity index is 1.98. The molecular weight excluding hydrogens is 262 g/mol. The van der Waals surface area contributed by atoms with Gasteiger partial charge in [0.05, 0.1) is 24.3 Å². The summed E-state index contributed by atoms with van der Waals surface area (Å²) in [5.74, 6) is 0. The second-order valence-corrected chi connectivity index (χ2v) is 4.96. The lowest BCUT2D eigenvalue weighted by molar-refractivity contribution is 0.244. The minimum Gasteiger partial charge on any atom is -0.502 e. The second-order valence-electron chi connectivity index (χ2n) is 4.96. The Bertz CT molecular complexity index is 575. The van der Waals surface area contributed by atoms with Crippen molar-refractivity contribution in [1.82, 2.24) is 15.1 Å². The lowest BCUT2D eigenvalue weighted by Gasteiger charge is -2.07. The van der Waals surface area contributed by atoms with Gasteiger partial charge in [-0.1, -0.05) is 24.8 Å². The molecule has 0 radical (unpaired) electrons.